The Kier molecular flexibility index (Phi) is 6.90. The Morgan fingerprint density at radius 3 is 2.55 bits per heavy atom. The molecule has 0 saturated heterocycles. The molecule has 1 aromatic heterocycles. The largest absolute Gasteiger partial charge is 0.326 e. The molecular formula is C20H20ClN5O2S. The van der Waals surface area contributed by atoms with Crippen molar-refractivity contribution < 1.29 is 9.59 Å². The number of carbonyl (C=O) groups excluding carboxylic acids is 2. The summed E-state index contributed by atoms with van der Waals surface area (Å²) < 4.78 is 1.72. The first-order valence-corrected chi connectivity index (χ1v) is 10.2. The minimum atomic E-state index is -0.181. The van der Waals surface area contributed by atoms with Gasteiger partial charge in [0.1, 0.15) is 5.82 Å². The average Bonchev–Trinajstić information content (AvgIpc) is 3.03. The van der Waals surface area contributed by atoms with E-state index in [2.05, 4.69) is 20.8 Å². The van der Waals surface area contributed by atoms with E-state index >= 15 is 0 Å². The lowest BCUT2D eigenvalue weighted by molar-refractivity contribution is -0.116. The zero-order valence-electron chi connectivity index (χ0n) is 16.0. The molecule has 0 aliphatic carbocycles. The normalized spacial score (nSPS) is 10.6. The molecule has 7 nitrogen and oxygen atoms in total. The SMILES string of the molecule is Cc1cc(Cl)ccc1NC(=O)CSc1nnc(CC(=O)Nc2ccccc2)n1C. The number of rotatable bonds is 7. The van der Waals surface area contributed by atoms with E-state index in [-0.39, 0.29) is 24.0 Å². The Bertz CT molecular complexity index is 1020. The second-order valence-electron chi connectivity index (χ2n) is 6.34. The van der Waals surface area contributed by atoms with Gasteiger partial charge in [0.2, 0.25) is 11.8 Å². The van der Waals surface area contributed by atoms with Crippen molar-refractivity contribution in [2.75, 3.05) is 16.4 Å². The van der Waals surface area contributed by atoms with Crippen molar-refractivity contribution in [2.24, 2.45) is 7.05 Å². The van der Waals surface area contributed by atoms with Crippen LogP contribution in [0, 0.1) is 6.92 Å². The molecule has 0 bridgehead atoms. The number of para-hydroxylation sites is 1. The van der Waals surface area contributed by atoms with Crippen molar-refractivity contribution in [3.63, 3.8) is 0 Å². The van der Waals surface area contributed by atoms with Gasteiger partial charge in [-0.1, -0.05) is 41.6 Å². The fraction of sp³-hybridized carbons (Fsp3) is 0.200. The van der Waals surface area contributed by atoms with Crippen molar-refractivity contribution in [1.82, 2.24) is 14.8 Å². The van der Waals surface area contributed by atoms with E-state index in [1.165, 1.54) is 11.8 Å². The number of carbonyl (C=O) groups is 2. The van der Waals surface area contributed by atoms with Gasteiger partial charge in [-0.2, -0.15) is 0 Å². The summed E-state index contributed by atoms with van der Waals surface area (Å²) in [5.41, 5.74) is 2.33. The number of aryl methyl sites for hydroxylation is 1. The molecule has 9 heteroatoms. The Morgan fingerprint density at radius 2 is 1.83 bits per heavy atom. The number of aromatic nitrogens is 3. The van der Waals surface area contributed by atoms with Crippen LogP contribution >= 0.6 is 23.4 Å². The van der Waals surface area contributed by atoms with Crippen molar-refractivity contribution in [3.05, 3.63) is 64.9 Å². The summed E-state index contributed by atoms with van der Waals surface area (Å²) in [5, 5.41) is 15.0. The van der Waals surface area contributed by atoms with Crippen LogP contribution in [0.1, 0.15) is 11.4 Å². The Labute approximate surface area is 177 Å². The van der Waals surface area contributed by atoms with Crippen LogP contribution in [0.4, 0.5) is 11.4 Å². The van der Waals surface area contributed by atoms with Gasteiger partial charge in [-0.25, -0.2) is 0 Å². The molecule has 0 aliphatic heterocycles. The highest BCUT2D eigenvalue weighted by molar-refractivity contribution is 7.99. The van der Waals surface area contributed by atoms with Gasteiger partial charge in [0.15, 0.2) is 5.16 Å². The van der Waals surface area contributed by atoms with Crippen LogP contribution in [0.25, 0.3) is 0 Å². The third-order valence-corrected chi connectivity index (χ3v) is 5.35. The lowest BCUT2D eigenvalue weighted by Gasteiger charge is -2.08. The maximum absolute atomic E-state index is 12.2. The number of halogens is 1. The van der Waals surface area contributed by atoms with E-state index in [0.29, 0.717) is 16.0 Å². The van der Waals surface area contributed by atoms with E-state index in [0.717, 1.165) is 16.9 Å². The van der Waals surface area contributed by atoms with Gasteiger partial charge in [-0.05, 0) is 42.8 Å². The first kappa shape index (κ1) is 20.9. The van der Waals surface area contributed by atoms with Gasteiger partial charge in [-0.3, -0.25) is 9.59 Å². The molecule has 29 heavy (non-hydrogen) atoms. The molecule has 0 spiro atoms. The van der Waals surface area contributed by atoms with Crippen LogP contribution < -0.4 is 10.6 Å². The van der Waals surface area contributed by atoms with Gasteiger partial charge in [0.05, 0.1) is 12.2 Å². The zero-order valence-corrected chi connectivity index (χ0v) is 17.5. The molecule has 2 aromatic carbocycles. The number of amides is 2. The van der Waals surface area contributed by atoms with Crippen LogP contribution in [-0.4, -0.2) is 32.3 Å². The first-order chi connectivity index (χ1) is 13.9. The Hall–Kier alpha value is -2.84. The van der Waals surface area contributed by atoms with Crippen LogP contribution in [0.5, 0.6) is 0 Å². The summed E-state index contributed by atoms with van der Waals surface area (Å²) in [7, 11) is 1.77. The zero-order chi connectivity index (χ0) is 20.8. The third kappa shape index (κ3) is 5.82. The second-order valence-corrected chi connectivity index (χ2v) is 7.72. The van der Waals surface area contributed by atoms with E-state index in [1.807, 2.05) is 37.3 Å². The molecule has 3 rings (SSSR count). The van der Waals surface area contributed by atoms with Crippen molar-refractivity contribution in [1.29, 1.82) is 0 Å². The smallest absolute Gasteiger partial charge is 0.234 e. The highest BCUT2D eigenvalue weighted by Crippen LogP contribution is 2.21. The van der Waals surface area contributed by atoms with Crippen LogP contribution in [0.2, 0.25) is 5.02 Å². The lowest BCUT2D eigenvalue weighted by atomic mass is 10.2. The number of anilines is 2. The fourth-order valence-electron chi connectivity index (χ4n) is 2.58. The second kappa shape index (κ2) is 9.58. The molecule has 0 fully saturated rings. The fourth-order valence-corrected chi connectivity index (χ4v) is 3.54. The van der Waals surface area contributed by atoms with Gasteiger partial charge in [0, 0.05) is 23.4 Å². The standard InChI is InChI=1S/C20H20ClN5O2S/c1-13-10-14(21)8-9-16(13)23-19(28)12-29-20-25-24-17(26(20)2)11-18(27)22-15-6-4-3-5-7-15/h3-10H,11-12H2,1-2H3,(H,22,27)(H,23,28). The summed E-state index contributed by atoms with van der Waals surface area (Å²) in [6.07, 6.45) is 0.0924. The first-order valence-electron chi connectivity index (χ1n) is 8.84. The number of nitrogens with zero attached hydrogens (tertiary/aromatic N) is 3. The highest BCUT2D eigenvalue weighted by atomic mass is 35.5. The number of nitrogens with one attached hydrogen (secondary N) is 2. The summed E-state index contributed by atoms with van der Waals surface area (Å²) in [4.78, 5) is 24.4. The minimum Gasteiger partial charge on any atom is -0.326 e. The van der Waals surface area contributed by atoms with E-state index in [1.54, 1.807) is 29.8 Å². The molecule has 0 atom stereocenters. The van der Waals surface area contributed by atoms with Gasteiger partial charge in [0.25, 0.3) is 0 Å². The van der Waals surface area contributed by atoms with Crippen LogP contribution in [0.15, 0.2) is 53.7 Å². The molecule has 0 aliphatic rings. The van der Waals surface area contributed by atoms with Crippen LogP contribution in [-0.2, 0) is 23.1 Å². The van der Waals surface area contributed by atoms with Gasteiger partial charge >= 0.3 is 0 Å². The minimum absolute atomic E-state index is 0.0924. The summed E-state index contributed by atoms with van der Waals surface area (Å²) in [6.45, 7) is 1.88. The topological polar surface area (TPSA) is 88.9 Å². The van der Waals surface area contributed by atoms with Gasteiger partial charge < -0.3 is 15.2 Å². The maximum Gasteiger partial charge on any atom is 0.234 e. The monoisotopic (exact) mass is 429 g/mol. The van der Waals surface area contributed by atoms with E-state index < -0.39 is 0 Å². The molecule has 0 unspecified atom stereocenters. The predicted molar refractivity (Wildman–Crippen MR) is 115 cm³/mol. The molecule has 1 heterocycles. The summed E-state index contributed by atoms with van der Waals surface area (Å²) in [6, 6.07) is 14.5. The molecule has 150 valence electrons. The Balaban J connectivity index is 1.53. The number of hydrogen-bond donors (Lipinski definition) is 2. The van der Waals surface area contributed by atoms with E-state index in [9.17, 15) is 9.59 Å². The van der Waals surface area contributed by atoms with Crippen molar-refractivity contribution in [2.45, 2.75) is 18.5 Å². The number of benzene rings is 2. The number of hydrogen-bond acceptors (Lipinski definition) is 5. The maximum atomic E-state index is 12.2. The highest BCUT2D eigenvalue weighted by Gasteiger charge is 2.15. The van der Waals surface area contributed by atoms with Crippen molar-refractivity contribution >= 4 is 46.6 Å². The predicted octanol–water partition coefficient (Wildman–Crippen LogP) is 3.69. The third-order valence-electron chi connectivity index (χ3n) is 4.10. The van der Waals surface area contributed by atoms with E-state index in [4.69, 9.17) is 11.6 Å². The molecule has 3 aromatic rings. The van der Waals surface area contributed by atoms with Crippen molar-refractivity contribution in [3.8, 4) is 0 Å². The number of thioether (sulfide) groups is 1. The summed E-state index contributed by atoms with van der Waals surface area (Å²) in [5.74, 6) is 0.352. The lowest BCUT2D eigenvalue weighted by Crippen LogP contribution is -2.17. The summed E-state index contributed by atoms with van der Waals surface area (Å²) >= 11 is 7.19. The molecule has 2 amide bonds. The Morgan fingerprint density at radius 1 is 1.07 bits per heavy atom. The molecule has 0 radical (unpaired) electrons. The van der Waals surface area contributed by atoms with Crippen LogP contribution in [0.3, 0.4) is 0 Å². The molecule has 2 N–H and O–H groups in total. The molecular weight excluding hydrogens is 410 g/mol. The molecule has 0 saturated carbocycles. The quantitative estimate of drug-likeness (QED) is 0.559. The van der Waals surface area contributed by atoms with Gasteiger partial charge in [-0.15, -0.1) is 10.2 Å². The average molecular weight is 430 g/mol.